The summed E-state index contributed by atoms with van der Waals surface area (Å²) in [5.74, 6) is 0.569. The average molecular weight is 438 g/mol. The molecule has 1 aromatic carbocycles. The Bertz CT molecular complexity index is 1600. The first-order valence-corrected chi connectivity index (χ1v) is 11.0. The number of benzene rings is 1. The first kappa shape index (κ1) is 19.6. The van der Waals surface area contributed by atoms with Gasteiger partial charge >= 0.3 is 0 Å². The van der Waals surface area contributed by atoms with Crippen LogP contribution in [0.2, 0.25) is 0 Å². The molecule has 0 radical (unpaired) electrons. The predicted octanol–water partition coefficient (Wildman–Crippen LogP) is 3.67. The van der Waals surface area contributed by atoms with Crippen molar-refractivity contribution in [1.82, 2.24) is 29.1 Å². The van der Waals surface area contributed by atoms with Gasteiger partial charge in [-0.2, -0.15) is 14.9 Å². The van der Waals surface area contributed by atoms with Crippen molar-refractivity contribution < 1.29 is 4.79 Å². The fourth-order valence-corrected chi connectivity index (χ4v) is 4.41. The highest BCUT2D eigenvalue weighted by Crippen LogP contribution is 2.34. The highest BCUT2D eigenvalue weighted by molar-refractivity contribution is 6.01. The van der Waals surface area contributed by atoms with E-state index in [1.807, 2.05) is 61.3 Å². The van der Waals surface area contributed by atoms with Gasteiger partial charge in [-0.25, -0.2) is 0 Å². The maximum absolute atomic E-state index is 13.9. The van der Waals surface area contributed by atoms with Crippen molar-refractivity contribution in [3.8, 4) is 16.8 Å². The number of rotatable bonds is 5. The topological polar surface area (TPSA) is 87.6 Å². The monoisotopic (exact) mass is 438 g/mol. The van der Waals surface area contributed by atoms with Crippen LogP contribution >= 0.6 is 0 Å². The van der Waals surface area contributed by atoms with Crippen LogP contribution in [0.5, 0.6) is 0 Å². The van der Waals surface area contributed by atoms with Gasteiger partial charge in [-0.1, -0.05) is 6.07 Å². The van der Waals surface area contributed by atoms with Gasteiger partial charge in [-0.05, 0) is 49.9 Å². The lowest BCUT2D eigenvalue weighted by molar-refractivity contribution is 0.112. The Hall–Kier alpha value is -4.07. The van der Waals surface area contributed by atoms with Crippen LogP contribution in [-0.4, -0.2) is 35.4 Å². The van der Waals surface area contributed by atoms with Gasteiger partial charge in [0.25, 0.3) is 5.56 Å². The van der Waals surface area contributed by atoms with E-state index >= 15 is 0 Å². The lowest BCUT2D eigenvalue weighted by atomic mass is 10.1. The molecule has 0 saturated heterocycles. The molecular weight excluding hydrogens is 416 g/mol. The van der Waals surface area contributed by atoms with Crippen LogP contribution in [0.4, 0.5) is 0 Å². The summed E-state index contributed by atoms with van der Waals surface area (Å²) in [4.78, 5) is 30.3. The minimum atomic E-state index is -0.246. The Labute approximate surface area is 189 Å². The van der Waals surface area contributed by atoms with Gasteiger partial charge < -0.3 is 4.57 Å². The molecule has 0 N–H and O–H groups in total. The van der Waals surface area contributed by atoms with E-state index in [0.717, 1.165) is 42.3 Å². The Kier molecular flexibility index (Phi) is 4.29. The maximum Gasteiger partial charge on any atom is 0.281 e. The average Bonchev–Trinajstić information content (AvgIpc) is 3.44. The third-order valence-electron chi connectivity index (χ3n) is 6.25. The van der Waals surface area contributed by atoms with E-state index in [0.29, 0.717) is 39.3 Å². The van der Waals surface area contributed by atoms with E-state index in [4.69, 9.17) is 0 Å². The van der Waals surface area contributed by atoms with Gasteiger partial charge in [0.15, 0.2) is 6.29 Å². The second kappa shape index (κ2) is 7.23. The molecule has 0 bridgehead atoms. The van der Waals surface area contributed by atoms with Crippen LogP contribution in [0.3, 0.4) is 0 Å². The molecule has 5 aromatic rings. The highest BCUT2D eigenvalue weighted by atomic mass is 16.1. The number of nitrogens with zero attached hydrogens (tertiary/aromatic N) is 6. The fraction of sp³-hybridized carbons (Fsp3) is 0.240. The molecule has 0 unspecified atom stereocenters. The normalized spacial score (nSPS) is 13.8. The van der Waals surface area contributed by atoms with Crippen molar-refractivity contribution in [2.24, 2.45) is 13.0 Å². The molecule has 1 saturated carbocycles. The van der Waals surface area contributed by atoms with Crippen LogP contribution in [-0.2, 0) is 13.6 Å². The van der Waals surface area contributed by atoms with Gasteiger partial charge in [0.1, 0.15) is 5.52 Å². The molecule has 8 nitrogen and oxygen atoms in total. The van der Waals surface area contributed by atoms with Crippen molar-refractivity contribution in [2.45, 2.75) is 26.3 Å². The summed E-state index contributed by atoms with van der Waals surface area (Å²) < 4.78 is 5.15. The number of pyridine rings is 1. The zero-order valence-corrected chi connectivity index (χ0v) is 18.4. The number of aromatic nitrogens is 6. The zero-order valence-electron chi connectivity index (χ0n) is 18.4. The van der Waals surface area contributed by atoms with Crippen LogP contribution < -0.4 is 5.56 Å². The van der Waals surface area contributed by atoms with Crippen LogP contribution in [0.25, 0.3) is 38.8 Å². The summed E-state index contributed by atoms with van der Waals surface area (Å²) >= 11 is 0. The summed E-state index contributed by atoms with van der Waals surface area (Å²) in [6.45, 7) is 2.68. The number of carbonyl (C=O) groups excluding carboxylic acids is 1. The van der Waals surface area contributed by atoms with Gasteiger partial charge in [0.05, 0.1) is 27.8 Å². The number of fused-ring (bicyclic) bond motifs is 2. The Balaban J connectivity index is 1.68. The van der Waals surface area contributed by atoms with Crippen molar-refractivity contribution in [3.63, 3.8) is 0 Å². The van der Waals surface area contributed by atoms with Crippen molar-refractivity contribution in [3.05, 3.63) is 70.5 Å². The van der Waals surface area contributed by atoms with Gasteiger partial charge in [0.2, 0.25) is 0 Å². The summed E-state index contributed by atoms with van der Waals surface area (Å²) in [5, 5.41) is 10.0. The Morgan fingerprint density at radius 2 is 1.97 bits per heavy atom. The number of hydrogen-bond acceptors (Lipinski definition) is 5. The minimum absolute atomic E-state index is 0.246. The maximum atomic E-state index is 13.9. The van der Waals surface area contributed by atoms with Crippen LogP contribution in [0, 0.1) is 12.8 Å². The van der Waals surface area contributed by atoms with E-state index < -0.39 is 0 Å². The summed E-state index contributed by atoms with van der Waals surface area (Å²) in [5.41, 5.74) is 4.98. The molecule has 0 atom stereocenters. The van der Waals surface area contributed by atoms with Crippen LogP contribution in [0.1, 0.15) is 28.9 Å². The number of aryl methyl sites for hydroxylation is 2. The van der Waals surface area contributed by atoms with Gasteiger partial charge in [-0.3, -0.25) is 19.3 Å². The third kappa shape index (κ3) is 3.26. The molecule has 1 aliphatic carbocycles. The Morgan fingerprint density at radius 1 is 1.12 bits per heavy atom. The van der Waals surface area contributed by atoms with E-state index in [2.05, 4.69) is 15.2 Å². The molecular formula is C25H22N6O2. The van der Waals surface area contributed by atoms with E-state index in [1.54, 1.807) is 10.9 Å². The van der Waals surface area contributed by atoms with Gasteiger partial charge in [0, 0.05) is 48.8 Å². The van der Waals surface area contributed by atoms with Crippen molar-refractivity contribution in [2.75, 3.05) is 0 Å². The highest BCUT2D eigenvalue weighted by Gasteiger charge is 2.26. The molecule has 0 spiro atoms. The summed E-state index contributed by atoms with van der Waals surface area (Å²) in [6.07, 6.45) is 8.57. The molecule has 4 aromatic heterocycles. The summed E-state index contributed by atoms with van der Waals surface area (Å²) in [7, 11) is 1.86. The van der Waals surface area contributed by atoms with E-state index in [9.17, 15) is 9.59 Å². The molecule has 1 aliphatic rings. The SMILES string of the molecule is Cc1ccc(-c2c(=O)n(-c3ccc4nn(C)cc4c3)nc3c(C=O)cn(CC4CC4)c23)cn1. The standard InChI is InChI=1S/C25H22N6O2/c1-15-3-6-17(10-26-15)22-24-23(19(14-32)13-30(24)11-16-4-5-16)28-31(25(22)33)20-7-8-21-18(9-20)12-29(2)27-21/h3,6-10,12-14,16H,4-5,11H2,1-2H3. The number of carbonyl (C=O) groups is 1. The number of hydrogen-bond donors (Lipinski definition) is 0. The van der Waals surface area contributed by atoms with Crippen molar-refractivity contribution >= 4 is 28.2 Å². The van der Waals surface area contributed by atoms with E-state index in [-0.39, 0.29) is 5.56 Å². The largest absolute Gasteiger partial charge is 0.344 e. The molecule has 0 aliphatic heterocycles. The van der Waals surface area contributed by atoms with Gasteiger partial charge in [-0.15, -0.1) is 0 Å². The molecule has 33 heavy (non-hydrogen) atoms. The van der Waals surface area contributed by atoms with Crippen LogP contribution in [0.15, 0.2) is 53.7 Å². The zero-order chi connectivity index (χ0) is 22.7. The molecule has 4 heterocycles. The lowest BCUT2D eigenvalue weighted by Crippen LogP contribution is -2.24. The first-order chi connectivity index (χ1) is 16.0. The van der Waals surface area contributed by atoms with E-state index in [1.165, 1.54) is 4.68 Å². The summed E-state index contributed by atoms with van der Waals surface area (Å²) in [6, 6.07) is 9.38. The molecule has 6 rings (SSSR count). The lowest BCUT2D eigenvalue weighted by Gasteiger charge is -2.12. The molecule has 1 fully saturated rings. The molecule has 0 amide bonds. The third-order valence-corrected chi connectivity index (χ3v) is 6.25. The molecule has 164 valence electrons. The second-order valence-electron chi connectivity index (χ2n) is 8.82. The second-order valence-corrected chi connectivity index (χ2v) is 8.82. The number of aldehydes is 1. The first-order valence-electron chi connectivity index (χ1n) is 11.0. The van der Waals surface area contributed by atoms with Crippen molar-refractivity contribution in [1.29, 1.82) is 0 Å². The quantitative estimate of drug-likeness (QED) is 0.391. The minimum Gasteiger partial charge on any atom is -0.344 e. The fourth-order valence-electron chi connectivity index (χ4n) is 4.41. The Morgan fingerprint density at radius 3 is 2.70 bits per heavy atom. The molecule has 8 heteroatoms. The smallest absolute Gasteiger partial charge is 0.281 e. The predicted molar refractivity (Wildman–Crippen MR) is 126 cm³/mol.